The quantitative estimate of drug-likeness (QED) is 0.884. The number of nitrogens with one attached hydrogen (secondary N) is 2. The second-order valence-electron chi connectivity index (χ2n) is 4.44. The molecule has 2 aromatic rings. The van der Waals surface area contributed by atoms with Crippen LogP contribution in [0.15, 0.2) is 24.5 Å². The lowest BCUT2D eigenvalue weighted by molar-refractivity contribution is -0.139. The summed E-state index contributed by atoms with van der Waals surface area (Å²) < 4.78 is 36.5. The molecule has 0 unspecified atom stereocenters. The summed E-state index contributed by atoms with van der Waals surface area (Å²) in [7, 11) is 0. The van der Waals surface area contributed by atoms with Crippen LogP contribution in [0.1, 0.15) is 19.2 Å². The number of hydrogen-bond donors (Lipinski definition) is 2. The van der Waals surface area contributed by atoms with Crippen LogP contribution in [0.2, 0.25) is 0 Å². The van der Waals surface area contributed by atoms with Crippen LogP contribution < -0.4 is 5.32 Å². The van der Waals surface area contributed by atoms with Crippen LogP contribution in [-0.4, -0.2) is 32.4 Å². The van der Waals surface area contributed by atoms with E-state index in [2.05, 4.69) is 25.5 Å². The standard InChI is InChI=1S/C12H14F3N5/c1-8(6-12(13,14)15)17-7-10-18-11(20-19-10)9-2-4-16-5-3-9/h2-5,8,17H,6-7H2,1H3,(H,18,19,20)/t8-/m0/s1. The SMILES string of the molecule is C[C@@H](CC(F)(F)F)NCc1nc(-c2ccncc2)n[nH]1. The van der Waals surface area contributed by atoms with E-state index in [1.54, 1.807) is 24.5 Å². The van der Waals surface area contributed by atoms with Crippen LogP contribution >= 0.6 is 0 Å². The number of aromatic amines is 1. The van der Waals surface area contributed by atoms with Crippen molar-refractivity contribution in [1.82, 2.24) is 25.5 Å². The average Bonchev–Trinajstić information content (AvgIpc) is 2.84. The minimum Gasteiger partial charge on any atom is -0.307 e. The average molecular weight is 285 g/mol. The Balaban J connectivity index is 1.91. The van der Waals surface area contributed by atoms with E-state index in [0.29, 0.717) is 11.6 Å². The van der Waals surface area contributed by atoms with Gasteiger partial charge in [0.2, 0.25) is 0 Å². The van der Waals surface area contributed by atoms with E-state index in [-0.39, 0.29) is 6.54 Å². The number of hydrogen-bond acceptors (Lipinski definition) is 4. The maximum Gasteiger partial charge on any atom is 0.390 e. The van der Waals surface area contributed by atoms with E-state index in [9.17, 15) is 13.2 Å². The molecule has 0 saturated heterocycles. The lowest BCUT2D eigenvalue weighted by atomic mass is 10.2. The smallest absolute Gasteiger partial charge is 0.307 e. The molecule has 0 spiro atoms. The topological polar surface area (TPSA) is 66.5 Å². The molecule has 2 heterocycles. The van der Waals surface area contributed by atoms with Crippen molar-refractivity contribution in [2.45, 2.75) is 32.1 Å². The summed E-state index contributed by atoms with van der Waals surface area (Å²) in [6, 6.07) is 2.84. The van der Waals surface area contributed by atoms with Crippen molar-refractivity contribution in [1.29, 1.82) is 0 Å². The Morgan fingerprint density at radius 2 is 2.00 bits per heavy atom. The molecule has 0 aliphatic heterocycles. The summed E-state index contributed by atoms with van der Waals surface area (Å²) in [5.41, 5.74) is 0.797. The zero-order valence-corrected chi connectivity index (χ0v) is 10.8. The molecule has 0 fully saturated rings. The summed E-state index contributed by atoms with van der Waals surface area (Å²) >= 11 is 0. The fourth-order valence-corrected chi connectivity index (χ4v) is 1.69. The summed E-state index contributed by atoms with van der Waals surface area (Å²) in [4.78, 5) is 8.10. The largest absolute Gasteiger partial charge is 0.390 e. The maximum atomic E-state index is 12.2. The molecule has 20 heavy (non-hydrogen) atoms. The zero-order chi connectivity index (χ0) is 14.6. The van der Waals surface area contributed by atoms with Gasteiger partial charge in [0.25, 0.3) is 0 Å². The van der Waals surface area contributed by atoms with Crippen molar-refractivity contribution in [3.05, 3.63) is 30.4 Å². The van der Waals surface area contributed by atoms with Crippen molar-refractivity contribution >= 4 is 0 Å². The molecule has 2 N–H and O–H groups in total. The van der Waals surface area contributed by atoms with Gasteiger partial charge in [-0.25, -0.2) is 4.98 Å². The maximum absolute atomic E-state index is 12.2. The van der Waals surface area contributed by atoms with Gasteiger partial charge in [0.15, 0.2) is 5.82 Å². The molecule has 2 aromatic heterocycles. The first kappa shape index (κ1) is 14.4. The van der Waals surface area contributed by atoms with Crippen LogP contribution in [0.3, 0.4) is 0 Å². The predicted molar refractivity (Wildman–Crippen MR) is 66.6 cm³/mol. The van der Waals surface area contributed by atoms with Crippen LogP contribution in [0.25, 0.3) is 11.4 Å². The molecule has 0 bridgehead atoms. The number of alkyl halides is 3. The Morgan fingerprint density at radius 1 is 1.30 bits per heavy atom. The Bertz CT molecular complexity index is 538. The van der Waals surface area contributed by atoms with Gasteiger partial charge in [0, 0.05) is 24.0 Å². The van der Waals surface area contributed by atoms with Crippen molar-refractivity contribution < 1.29 is 13.2 Å². The van der Waals surface area contributed by atoms with Crippen LogP contribution in [-0.2, 0) is 6.54 Å². The summed E-state index contributed by atoms with van der Waals surface area (Å²) in [6.07, 6.45) is -1.81. The van der Waals surface area contributed by atoms with Gasteiger partial charge in [-0.2, -0.15) is 18.3 Å². The first-order chi connectivity index (χ1) is 9.44. The monoisotopic (exact) mass is 285 g/mol. The molecule has 0 aromatic carbocycles. The van der Waals surface area contributed by atoms with E-state index in [1.807, 2.05) is 0 Å². The fraction of sp³-hybridized carbons (Fsp3) is 0.417. The lowest BCUT2D eigenvalue weighted by Crippen LogP contribution is -2.31. The third-order valence-electron chi connectivity index (χ3n) is 2.63. The molecule has 8 heteroatoms. The minimum atomic E-state index is -4.17. The van der Waals surface area contributed by atoms with Crippen molar-refractivity contribution in [2.75, 3.05) is 0 Å². The number of H-pyrrole nitrogens is 1. The molecular formula is C12H14F3N5. The first-order valence-corrected chi connectivity index (χ1v) is 6.06. The Kier molecular flexibility index (Phi) is 4.33. The van der Waals surface area contributed by atoms with Crippen LogP contribution in [0.4, 0.5) is 13.2 Å². The summed E-state index contributed by atoms with van der Waals surface area (Å²) in [5.74, 6) is 0.985. The summed E-state index contributed by atoms with van der Waals surface area (Å²) in [6.45, 7) is 1.68. The summed E-state index contributed by atoms with van der Waals surface area (Å²) in [5, 5.41) is 9.46. The van der Waals surface area contributed by atoms with E-state index < -0.39 is 18.6 Å². The predicted octanol–water partition coefficient (Wildman–Crippen LogP) is 2.30. The minimum absolute atomic E-state index is 0.204. The molecule has 2 rings (SSSR count). The van der Waals surface area contributed by atoms with Gasteiger partial charge in [0.05, 0.1) is 13.0 Å². The highest BCUT2D eigenvalue weighted by Gasteiger charge is 2.29. The number of rotatable bonds is 5. The highest BCUT2D eigenvalue weighted by atomic mass is 19.4. The Morgan fingerprint density at radius 3 is 2.65 bits per heavy atom. The molecule has 5 nitrogen and oxygen atoms in total. The second-order valence-corrected chi connectivity index (χ2v) is 4.44. The highest BCUT2D eigenvalue weighted by Crippen LogP contribution is 2.21. The molecule has 0 amide bonds. The van der Waals surface area contributed by atoms with E-state index in [0.717, 1.165) is 5.56 Å². The van der Waals surface area contributed by atoms with Gasteiger partial charge in [-0.15, -0.1) is 0 Å². The highest BCUT2D eigenvalue weighted by molar-refractivity contribution is 5.52. The Hall–Kier alpha value is -1.96. The van der Waals surface area contributed by atoms with Crippen molar-refractivity contribution in [3.8, 4) is 11.4 Å². The molecule has 1 atom stereocenters. The lowest BCUT2D eigenvalue weighted by Gasteiger charge is -2.14. The molecule has 0 radical (unpaired) electrons. The van der Waals surface area contributed by atoms with Gasteiger partial charge in [-0.3, -0.25) is 10.1 Å². The molecular weight excluding hydrogens is 271 g/mol. The molecule has 108 valence electrons. The zero-order valence-electron chi connectivity index (χ0n) is 10.8. The molecule has 0 aliphatic rings. The van der Waals surface area contributed by atoms with Crippen LogP contribution in [0.5, 0.6) is 0 Å². The fourth-order valence-electron chi connectivity index (χ4n) is 1.69. The van der Waals surface area contributed by atoms with Gasteiger partial charge in [-0.1, -0.05) is 0 Å². The number of halogens is 3. The molecule has 0 saturated carbocycles. The first-order valence-electron chi connectivity index (χ1n) is 6.06. The van der Waals surface area contributed by atoms with Gasteiger partial charge >= 0.3 is 6.18 Å². The number of nitrogens with zero attached hydrogens (tertiary/aromatic N) is 3. The van der Waals surface area contributed by atoms with E-state index in [1.165, 1.54) is 6.92 Å². The van der Waals surface area contributed by atoms with Crippen molar-refractivity contribution in [3.63, 3.8) is 0 Å². The van der Waals surface area contributed by atoms with Gasteiger partial charge in [0.1, 0.15) is 5.82 Å². The number of pyridine rings is 1. The van der Waals surface area contributed by atoms with Gasteiger partial charge in [-0.05, 0) is 19.1 Å². The van der Waals surface area contributed by atoms with E-state index >= 15 is 0 Å². The third-order valence-corrected chi connectivity index (χ3v) is 2.63. The van der Waals surface area contributed by atoms with Crippen LogP contribution in [0, 0.1) is 0 Å². The second kappa shape index (κ2) is 6.00. The van der Waals surface area contributed by atoms with Crippen molar-refractivity contribution in [2.24, 2.45) is 0 Å². The Labute approximate surface area is 113 Å². The third kappa shape index (κ3) is 4.30. The van der Waals surface area contributed by atoms with E-state index in [4.69, 9.17) is 0 Å². The van der Waals surface area contributed by atoms with Gasteiger partial charge < -0.3 is 5.32 Å². The number of aromatic nitrogens is 4. The normalized spacial score (nSPS) is 13.4. The molecule has 0 aliphatic carbocycles.